The molecule has 0 amide bonds. The molecule has 0 bridgehead atoms. The first-order valence-electron chi connectivity index (χ1n) is 9.10. The van der Waals surface area contributed by atoms with Crippen molar-refractivity contribution in [2.24, 2.45) is 29.6 Å². The number of Topliss-reactive ketones (excluding diaryl/α,β-unsaturated/α-hetero) is 1. The van der Waals surface area contributed by atoms with Gasteiger partial charge in [-0.15, -0.1) is 0 Å². The molecule has 3 aliphatic carbocycles. The zero-order valence-corrected chi connectivity index (χ0v) is 15.6. The van der Waals surface area contributed by atoms with Crippen LogP contribution in [0.1, 0.15) is 48.5 Å². The summed E-state index contributed by atoms with van der Waals surface area (Å²) in [6.07, 6.45) is 5.07. The fraction of sp³-hybridized carbons (Fsp3) is 0.600. The van der Waals surface area contributed by atoms with E-state index in [1.54, 1.807) is 0 Å². The normalized spacial score (nSPS) is 34.2. The lowest BCUT2D eigenvalue weighted by Crippen LogP contribution is -2.24. The Labute approximate surface area is 151 Å². The molecule has 128 valence electrons. The van der Waals surface area contributed by atoms with E-state index in [4.69, 9.17) is 4.74 Å². The molecule has 3 aliphatic rings. The fourth-order valence-electron chi connectivity index (χ4n) is 5.12. The second-order valence-corrected chi connectivity index (χ2v) is 8.32. The highest BCUT2D eigenvalue weighted by Gasteiger charge is 2.61. The third kappa shape index (κ3) is 2.63. The monoisotopic (exact) mass is 390 g/mol. The number of carbonyl (C=O) groups is 2. The molecule has 0 radical (unpaired) electrons. The van der Waals surface area contributed by atoms with E-state index in [1.807, 2.05) is 25.1 Å². The Morgan fingerprint density at radius 1 is 1.29 bits per heavy atom. The van der Waals surface area contributed by atoms with E-state index in [2.05, 4.69) is 15.9 Å². The van der Waals surface area contributed by atoms with Crippen molar-refractivity contribution >= 4 is 27.7 Å². The lowest BCUT2D eigenvalue weighted by atomic mass is 9.80. The van der Waals surface area contributed by atoms with E-state index in [0.717, 1.165) is 42.1 Å². The maximum atomic E-state index is 13.1. The molecule has 3 unspecified atom stereocenters. The summed E-state index contributed by atoms with van der Waals surface area (Å²) in [5.74, 6) is 1.93. The minimum absolute atomic E-state index is 0.0209. The summed E-state index contributed by atoms with van der Waals surface area (Å²) in [5, 5.41) is 0. The van der Waals surface area contributed by atoms with E-state index in [-0.39, 0.29) is 17.8 Å². The van der Waals surface area contributed by atoms with Crippen LogP contribution < -0.4 is 0 Å². The van der Waals surface area contributed by atoms with E-state index >= 15 is 0 Å². The van der Waals surface area contributed by atoms with Crippen molar-refractivity contribution in [2.45, 2.75) is 39.0 Å². The van der Waals surface area contributed by atoms with Crippen LogP contribution >= 0.6 is 15.9 Å². The molecule has 0 aliphatic heterocycles. The minimum atomic E-state index is -0.0209. The number of benzene rings is 1. The topological polar surface area (TPSA) is 43.4 Å². The Bertz CT molecular complexity index is 671. The summed E-state index contributed by atoms with van der Waals surface area (Å²) in [7, 11) is 0. The van der Waals surface area contributed by atoms with Crippen molar-refractivity contribution in [2.75, 3.05) is 6.61 Å². The summed E-state index contributed by atoms with van der Waals surface area (Å²) in [6.45, 7) is 2.32. The summed E-state index contributed by atoms with van der Waals surface area (Å²) >= 11 is 3.60. The van der Waals surface area contributed by atoms with Crippen LogP contribution in [0, 0.1) is 29.6 Å². The summed E-state index contributed by atoms with van der Waals surface area (Å²) < 4.78 is 6.23. The van der Waals surface area contributed by atoms with Crippen LogP contribution in [-0.4, -0.2) is 18.4 Å². The van der Waals surface area contributed by atoms with Gasteiger partial charge in [-0.3, -0.25) is 9.59 Å². The smallest absolute Gasteiger partial charge is 0.309 e. The minimum Gasteiger partial charge on any atom is -0.466 e. The first-order chi connectivity index (χ1) is 11.6. The molecular formula is C20H23BrO3. The molecule has 0 aromatic heterocycles. The number of fused-ring (bicyclic) bond motifs is 2. The summed E-state index contributed by atoms with van der Waals surface area (Å²) in [6, 6.07) is 5.98. The predicted octanol–water partition coefficient (Wildman–Crippen LogP) is 4.42. The predicted molar refractivity (Wildman–Crippen MR) is 94.7 cm³/mol. The van der Waals surface area contributed by atoms with Gasteiger partial charge in [-0.1, -0.05) is 28.1 Å². The summed E-state index contributed by atoms with van der Waals surface area (Å²) in [5.41, 5.74) is 2.09. The van der Waals surface area contributed by atoms with Crippen LogP contribution in [0.15, 0.2) is 22.7 Å². The first kappa shape index (κ1) is 16.3. The van der Waals surface area contributed by atoms with Crippen LogP contribution in [0.4, 0.5) is 0 Å². The van der Waals surface area contributed by atoms with E-state index in [9.17, 15) is 9.59 Å². The van der Waals surface area contributed by atoms with Crippen molar-refractivity contribution in [3.63, 3.8) is 0 Å². The maximum absolute atomic E-state index is 13.1. The third-order valence-corrected chi connectivity index (χ3v) is 7.02. The maximum Gasteiger partial charge on any atom is 0.309 e. The lowest BCUT2D eigenvalue weighted by Gasteiger charge is -2.23. The molecule has 1 aromatic carbocycles. The number of hydrogen-bond donors (Lipinski definition) is 0. The average molecular weight is 391 g/mol. The van der Waals surface area contributed by atoms with Gasteiger partial charge in [-0.2, -0.15) is 0 Å². The van der Waals surface area contributed by atoms with E-state index in [0.29, 0.717) is 30.1 Å². The molecule has 2 fully saturated rings. The molecule has 1 aromatic rings. The van der Waals surface area contributed by atoms with Crippen molar-refractivity contribution in [1.29, 1.82) is 0 Å². The van der Waals surface area contributed by atoms with Gasteiger partial charge in [0.05, 0.1) is 12.5 Å². The Kier molecular flexibility index (Phi) is 4.27. The molecule has 0 saturated heterocycles. The van der Waals surface area contributed by atoms with Gasteiger partial charge in [-0.05, 0) is 68.4 Å². The molecular weight excluding hydrogens is 368 g/mol. The van der Waals surface area contributed by atoms with Crippen LogP contribution in [0.5, 0.6) is 0 Å². The third-order valence-electron chi connectivity index (χ3n) is 6.27. The van der Waals surface area contributed by atoms with Crippen molar-refractivity contribution in [1.82, 2.24) is 0 Å². The molecule has 0 heterocycles. The number of ether oxygens (including phenoxy) is 1. The molecule has 4 rings (SSSR count). The second-order valence-electron chi connectivity index (χ2n) is 7.47. The highest BCUT2D eigenvalue weighted by atomic mass is 79.9. The van der Waals surface area contributed by atoms with Gasteiger partial charge in [0.25, 0.3) is 0 Å². The van der Waals surface area contributed by atoms with Gasteiger partial charge in [0.2, 0.25) is 0 Å². The second kappa shape index (κ2) is 6.29. The number of rotatable bonds is 3. The van der Waals surface area contributed by atoms with E-state index in [1.165, 1.54) is 5.56 Å². The summed E-state index contributed by atoms with van der Waals surface area (Å²) in [4.78, 5) is 25.0. The zero-order chi connectivity index (χ0) is 16.8. The molecule has 0 spiro atoms. The van der Waals surface area contributed by atoms with Gasteiger partial charge >= 0.3 is 5.97 Å². The SMILES string of the molecule is CCOC(=O)C1C2CC(C3CCCc4c(Br)cccc4C3=O)CC21. The van der Waals surface area contributed by atoms with Gasteiger partial charge in [0, 0.05) is 16.0 Å². The van der Waals surface area contributed by atoms with Crippen molar-refractivity contribution in [3.05, 3.63) is 33.8 Å². The molecule has 0 N–H and O–H groups in total. The van der Waals surface area contributed by atoms with Crippen LogP contribution in [0.25, 0.3) is 0 Å². The van der Waals surface area contributed by atoms with E-state index < -0.39 is 0 Å². The van der Waals surface area contributed by atoms with Gasteiger partial charge < -0.3 is 4.74 Å². The molecule has 24 heavy (non-hydrogen) atoms. The van der Waals surface area contributed by atoms with Gasteiger partial charge in [0.1, 0.15) is 0 Å². The number of halogens is 1. The standard InChI is InChI=1S/C20H23BrO3/c1-2-24-20(23)18-15-9-11(10-16(15)18)12-5-3-6-13-14(19(12)22)7-4-8-17(13)21/h4,7-8,11-12,15-16,18H,2-3,5-6,9-10H2,1H3. The first-order valence-corrected chi connectivity index (χ1v) is 9.89. The Morgan fingerprint density at radius 3 is 2.75 bits per heavy atom. The van der Waals surface area contributed by atoms with Crippen LogP contribution in [0.2, 0.25) is 0 Å². The Balaban J connectivity index is 1.47. The number of carbonyl (C=O) groups excluding carboxylic acids is 2. The average Bonchev–Trinajstić information content (AvgIpc) is 3.13. The van der Waals surface area contributed by atoms with Gasteiger partial charge in [0.15, 0.2) is 5.78 Å². The number of hydrogen-bond acceptors (Lipinski definition) is 3. The fourth-order valence-corrected chi connectivity index (χ4v) is 5.69. The Morgan fingerprint density at radius 2 is 2.04 bits per heavy atom. The van der Waals surface area contributed by atoms with Crippen molar-refractivity contribution in [3.8, 4) is 0 Å². The zero-order valence-electron chi connectivity index (χ0n) is 14.0. The molecule has 2 saturated carbocycles. The molecule has 3 nitrogen and oxygen atoms in total. The lowest BCUT2D eigenvalue weighted by molar-refractivity contribution is -0.145. The Hall–Kier alpha value is -1.16. The highest BCUT2D eigenvalue weighted by molar-refractivity contribution is 9.10. The molecule has 3 atom stereocenters. The number of ketones is 1. The number of esters is 1. The van der Waals surface area contributed by atoms with Crippen LogP contribution in [-0.2, 0) is 16.0 Å². The van der Waals surface area contributed by atoms with Crippen LogP contribution in [0.3, 0.4) is 0 Å². The van der Waals surface area contributed by atoms with Crippen molar-refractivity contribution < 1.29 is 14.3 Å². The highest BCUT2D eigenvalue weighted by Crippen LogP contribution is 2.62. The largest absolute Gasteiger partial charge is 0.466 e. The van der Waals surface area contributed by atoms with Gasteiger partial charge in [-0.25, -0.2) is 0 Å². The molecule has 4 heteroatoms. The quantitative estimate of drug-likeness (QED) is 0.566.